The van der Waals surface area contributed by atoms with Gasteiger partial charge in [0.15, 0.2) is 5.76 Å². The molecule has 2 rings (SSSR count). The van der Waals surface area contributed by atoms with Gasteiger partial charge in [-0.2, -0.15) is 0 Å². The lowest BCUT2D eigenvalue weighted by Gasteiger charge is -1.97. The minimum absolute atomic E-state index is 0.416. The number of aliphatic carboxylic acids is 1. The van der Waals surface area contributed by atoms with Gasteiger partial charge in [0, 0.05) is 0 Å². The number of methoxy groups -OCH3 is 1. The quantitative estimate of drug-likeness (QED) is 0.734. The standard InChI is InChI=1S/C8H9NO4/c1-12-7-4-2-3-5(8(10)11)6(4)13-9-7/h5H,2-3H2,1H3,(H,10,11). The topological polar surface area (TPSA) is 72.6 Å². The molecule has 0 bridgehead atoms. The second kappa shape index (κ2) is 2.76. The first-order valence-electron chi connectivity index (χ1n) is 3.99. The van der Waals surface area contributed by atoms with Crippen LogP contribution >= 0.6 is 0 Å². The highest BCUT2D eigenvalue weighted by molar-refractivity contribution is 5.77. The fraction of sp³-hybridized carbons (Fsp3) is 0.500. The van der Waals surface area contributed by atoms with Crippen molar-refractivity contribution in [3.8, 4) is 5.88 Å². The minimum Gasteiger partial charge on any atom is -0.481 e. The third-order valence-corrected chi connectivity index (χ3v) is 2.27. The van der Waals surface area contributed by atoms with E-state index in [0.29, 0.717) is 24.5 Å². The largest absolute Gasteiger partial charge is 0.481 e. The Morgan fingerprint density at radius 1 is 1.77 bits per heavy atom. The average molecular weight is 183 g/mol. The Morgan fingerprint density at radius 2 is 2.54 bits per heavy atom. The van der Waals surface area contributed by atoms with Crippen molar-refractivity contribution in [2.24, 2.45) is 0 Å². The third-order valence-electron chi connectivity index (χ3n) is 2.27. The summed E-state index contributed by atoms with van der Waals surface area (Å²) < 4.78 is 9.84. The molecule has 1 N–H and O–H groups in total. The number of nitrogens with zero attached hydrogens (tertiary/aromatic N) is 1. The van der Waals surface area contributed by atoms with Crippen LogP contribution in [-0.2, 0) is 11.2 Å². The maximum absolute atomic E-state index is 10.7. The number of fused-ring (bicyclic) bond motifs is 1. The second-order valence-electron chi connectivity index (χ2n) is 2.96. The summed E-state index contributed by atoms with van der Waals surface area (Å²) in [6.45, 7) is 0. The number of carbonyl (C=O) groups is 1. The second-order valence-corrected chi connectivity index (χ2v) is 2.96. The third kappa shape index (κ3) is 1.07. The van der Waals surface area contributed by atoms with E-state index in [-0.39, 0.29) is 0 Å². The summed E-state index contributed by atoms with van der Waals surface area (Å²) in [4.78, 5) is 10.7. The molecule has 1 aliphatic rings. The Morgan fingerprint density at radius 3 is 3.15 bits per heavy atom. The number of hydrogen-bond donors (Lipinski definition) is 1. The van der Waals surface area contributed by atoms with Gasteiger partial charge in [-0.25, -0.2) is 0 Å². The summed E-state index contributed by atoms with van der Waals surface area (Å²) in [5.41, 5.74) is 0.801. The Kier molecular flexibility index (Phi) is 1.72. The van der Waals surface area contributed by atoms with Gasteiger partial charge < -0.3 is 14.4 Å². The van der Waals surface area contributed by atoms with Crippen molar-refractivity contribution < 1.29 is 19.2 Å². The van der Waals surface area contributed by atoms with E-state index in [9.17, 15) is 4.79 Å². The number of rotatable bonds is 2. The van der Waals surface area contributed by atoms with E-state index in [0.717, 1.165) is 5.56 Å². The van der Waals surface area contributed by atoms with E-state index in [1.807, 2.05) is 0 Å². The summed E-state index contributed by atoms with van der Waals surface area (Å²) in [6, 6.07) is 0. The Labute approximate surface area is 74.3 Å². The number of carboxylic acid groups (broad SMARTS) is 1. The zero-order valence-electron chi connectivity index (χ0n) is 7.11. The zero-order valence-corrected chi connectivity index (χ0v) is 7.11. The van der Waals surface area contributed by atoms with Gasteiger partial charge in [0.2, 0.25) is 0 Å². The molecule has 13 heavy (non-hydrogen) atoms. The van der Waals surface area contributed by atoms with Gasteiger partial charge >= 0.3 is 5.97 Å². The van der Waals surface area contributed by atoms with E-state index >= 15 is 0 Å². The molecule has 1 atom stereocenters. The SMILES string of the molecule is COc1noc2c1CCC2C(=O)O. The van der Waals surface area contributed by atoms with Crippen molar-refractivity contribution in [3.63, 3.8) is 0 Å². The van der Waals surface area contributed by atoms with Crippen molar-refractivity contribution >= 4 is 5.97 Å². The highest BCUT2D eigenvalue weighted by atomic mass is 16.5. The summed E-state index contributed by atoms with van der Waals surface area (Å²) >= 11 is 0. The van der Waals surface area contributed by atoms with Crippen molar-refractivity contribution in [2.45, 2.75) is 18.8 Å². The predicted molar refractivity (Wildman–Crippen MR) is 41.8 cm³/mol. The number of carboxylic acids is 1. The van der Waals surface area contributed by atoms with Crippen molar-refractivity contribution in [1.82, 2.24) is 5.16 Å². The average Bonchev–Trinajstić information content (AvgIpc) is 2.61. The Bertz CT molecular complexity index is 344. The first kappa shape index (κ1) is 8.10. The molecular weight excluding hydrogens is 174 g/mol. The molecule has 0 aromatic carbocycles. The lowest BCUT2D eigenvalue weighted by atomic mass is 10.1. The van der Waals surface area contributed by atoms with Crippen LogP contribution in [0.15, 0.2) is 4.52 Å². The van der Waals surface area contributed by atoms with Gasteiger partial charge in [-0.05, 0) is 18.0 Å². The zero-order chi connectivity index (χ0) is 9.42. The van der Waals surface area contributed by atoms with E-state index in [1.165, 1.54) is 7.11 Å². The molecule has 5 heteroatoms. The molecule has 0 spiro atoms. The lowest BCUT2D eigenvalue weighted by molar-refractivity contribution is -0.139. The van der Waals surface area contributed by atoms with E-state index in [2.05, 4.69) is 5.16 Å². The molecule has 5 nitrogen and oxygen atoms in total. The smallest absolute Gasteiger partial charge is 0.314 e. The van der Waals surface area contributed by atoms with Gasteiger partial charge in [0.1, 0.15) is 5.92 Å². The van der Waals surface area contributed by atoms with Crippen LogP contribution in [0.5, 0.6) is 5.88 Å². The van der Waals surface area contributed by atoms with Crippen LogP contribution in [0.4, 0.5) is 0 Å². The van der Waals surface area contributed by atoms with Crippen molar-refractivity contribution in [1.29, 1.82) is 0 Å². The molecule has 0 aliphatic heterocycles. The molecule has 1 heterocycles. The van der Waals surface area contributed by atoms with Gasteiger partial charge in [0.25, 0.3) is 5.88 Å². The molecule has 1 aromatic rings. The Balaban J connectivity index is 2.38. The van der Waals surface area contributed by atoms with Crippen LogP contribution < -0.4 is 4.74 Å². The molecule has 0 amide bonds. The van der Waals surface area contributed by atoms with Gasteiger partial charge in [-0.3, -0.25) is 4.79 Å². The van der Waals surface area contributed by atoms with Crippen molar-refractivity contribution in [3.05, 3.63) is 11.3 Å². The summed E-state index contributed by atoms with van der Waals surface area (Å²) in [5, 5.41) is 12.4. The van der Waals surface area contributed by atoms with E-state index in [4.69, 9.17) is 14.4 Å². The molecular formula is C8H9NO4. The number of hydrogen-bond acceptors (Lipinski definition) is 4. The van der Waals surface area contributed by atoms with E-state index < -0.39 is 11.9 Å². The molecule has 1 unspecified atom stereocenters. The molecule has 1 aliphatic carbocycles. The van der Waals surface area contributed by atoms with Crippen molar-refractivity contribution in [2.75, 3.05) is 7.11 Å². The molecule has 70 valence electrons. The predicted octanol–water partition coefficient (Wildman–Crippen LogP) is 0.798. The highest BCUT2D eigenvalue weighted by Gasteiger charge is 2.35. The number of ether oxygens (including phenoxy) is 1. The first-order chi connectivity index (χ1) is 6.24. The van der Waals surface area contributed by atoms with Gasteiger partial charge in [0.05, 0.1) is 12.7 Å². The summed E-state index contributed by atoms with van der Waals surface area (Å²) in [7, 11) is 1.49. The number of aromatic nitrogens is 1. The Hall–Kier alpha value is -1.52. The van der Waals surface area contributed by atoms with Crippen LogP contribution in [0.25, 0.3) is 0 Å². The van der Waals surface area contributed by atoms with Gasteiger partial charge in [-0.15, -0.1) is 0 Å². The molecule has 1 aromatic heterocycles. The molecule has 0 saturated carbocycles. The molecule has 0 radical (unpaired) electrons. The van der Waals surface area contributed by atoms with Crippen LogP contribution in [0.2, 0.25) is 0 Å². The fourth-order valence-corrected chi connectivity index (χ4v) is 1.63. The minimum atomic E-state index is -0.863. The fourth-order valence-electron chi connectivity index (χ4n) is 1.63. The maximum Gasteiger partial charge on any atom is 0.314 e. The van der Waals surface area contributed by atoms with E-state index in [1.54, 1.807) is 0 Å². The highest BCUT2D eigenvalue weighted by Crippen LogP contribution is 2.38. The molecule has 0 fully saturated rings. The van der Waals surface area contributed by atoms with Crippen LogP contribution in [0.1, 0.15) is 23.7 Å². The maximum atomic E-state index is 10.7. The normalized spacial score (nSPS) is 19.9. The van der Waals surface area contributed by atoms with Gasteiger partial charge in [-0.1, -0.05) is 0 Å². The van der Waals surface area contributed by atoms with Crippen LogP contribution in [0, 0.1) is 0 Å². The summed E-state index contributed by atoms with van der Waals surface area (Å²) in [6.07, 6.45) is 1.24. The summed E-state index contributed by atoms with van der Waals surface area (Å²) in [5.74, 6) is -0.549. The lowest BCUT2D eigenvalue weighted by Crippen LogP contribution is -2.06. The van der Waals surface area contributed by atoms with Crippen LogP contribution in [-0.4, -0.2) is 23.3 Å². The monoisotopic (exact) mass is 183 g/mol. The molecule has 0 saturated heterocycles. The van der Waals surface area contributed by atoms with Crippen LogP contribution in [0.3, 0.4) is 0 Å². The first-order valence-corrected chi connectivity index (χ1v) is 3.99.